The second-order valence-corrected chi connectivity index (χ2v) is 4.36. The second-order valence-electron chi connectivity index (χ2n) is 4.36. The van der Waals surface area contributed by atoms with E-state index >= 15 is 0 Å². The van der Waals surface area contributed by atoms with Crippen LogP contribution in [0, 0.1) is 0 Å². The van der Waals surface area contributed by atoms with Crippen LogP contribution >= 0.6 is 0 Å². The molecule has 4 nitrogen and oxygen atoms in total. The highest BCUT2D eigenvalue weighted by Crippen LogP contribution is 2.25. The number of hydrogen-bond donors (Lipinski definition) is 0. The molecule has 18 heavy (non-hydrogen) atoms. The third kappa shape index (κ3) is 3.31. The molecule has 98 valence electrons. The van der Waals surface area contributed by atoms with Crippen molar-refractivity contribution in [2.45, 2.75) is 12.5 Å². The molecule has 1 aromatic rings. The van der Waals surface area contributed by atoms with E-state index in [1.165, 1.54) is 7.11 Å². The first-order valence-corrected chi connectivity index (χ1v) is 6.25. The van der Waals surface area contributed by atoms with E-state index in [1.807, 2.05) is 18.2 Å². The topological polar surface area (TPSA) is 38.8 Å². The van der Waals surface area contributed by atoms with Gasteiger partial charge in [-0.05, 0) is 5.56 Å². The van der Waals surface area contributed by atoms with Crippen molar-refractivity contribution in [2.24, 2.45) is 0 Å². The van der Waals surface area contributed by atoms with Gasteiger partial charge < -0.3 is 9.47 Å². The van der Waals surface area contributed by atoms with E-state index in [0.717, 1.165) is 31.9 Å². The molecule has 0 bridgehead atoms. The Hall–Kier alpha value is -1.39. The number of ether oxygens (including phenoxy) is 2. The smallest absolute Gasteiger partial charge is 0.307 e. The predicted octanol–water partition coefficient (Wildman–Crippen LogP) is 1.62. The summed E-state index contributed by atoms with van der Waals surface area (Å²) in [5.74, 6) is -0.171. The third-order valence-electron chi connectivity index (χ3n) is 3.26. The Morgan fingerprint density at radius 2 is 2.00 bits per heavy atom. The molecule has 1 atom stereocenters. The van der Waals surface area contributed by atoms with Gasteiger partial charge in [-0.2, -0.15) is 0 Å². The van der Waals surface area contributed by atoms with Gasteiger partial charge >= 0.3 is 5.97 Å². The molecule has 0 amide bonds. The van der Waals surface area contributed by atoms with Crippen LogP contribution in [0.4, 0.5) is 0 Å². The molecule has 0 spiro atoms. The number of nitrogens with zero attached hydrogens (tertiary/aromatic N) is 1. The number of carbonyl (C=O) groups excluding carboxylic acids is 1. The number of esters is 1. The maximum Gasteiger partial charge on any atom is 0.307 e. The Morgan fingerprint density at radius 3 is 2.61 bits per heavy atom. The first kappa shape index (κ1) is 13.1. The SMILES string of the molecule is COC(=O)CC(c1ccccc1)N1CCOCC1. The maximum absolute atomic E-state index is 11.6. The quantitative estimate of drug-likeness (QED) is 0.760. The van der Waals surface area contributed by atoms with Crippen LogP contribution in [0.25, 0.3) is 0 Å². The highest BCUT2D eigenvalue weighted by Gasteiger charge is 2.25. The van der Waals surface area contributed by atoms with Crippen molar-refractivity contribution in [3.05, 3.63) is 35.9 Å². The van der Waals surface area contributed by atoms with Crippen LogP contribution in [-0.4, -0.2) is 44.3 Å². The Morgan fingerprint density at radius 1 is 1.33 bits per heavy atom. The van der Waals surface area contributed by atoms with Gasteiger partial charge in [0.25, 0.3) is 0 Å². The maximum atomic E-state index is 11.6. The minimum absolute atomic E-state index is 0.0857. The van der Waals surface area contributed by atoms with Crippen LogP contribution in [0.5, 0.6) is 0 Å². The molecule has 1 saturated heterocycles. The fraction of sp³-hybridized carbons (Fsp3) is 0.500. The van der Waals surface area contributed by atoms with E-state index in [1.54, 1.807) is 0 Å². The molecule has 1 unspecified atom stereocenters. The van der Waals surface area contributed by atoms with Crippen molar-refractivity contribution in [3.8, 4) is 0 Å². The lowest BCUT2D eigenvalue weighted by molar-refractivity contribution is -0.142. The minimum Gasteiger partial charge on any atom is -0.469 e. The van der Waals surface area contributed by atoms with Crippen molar-refractivity contribution in [2.75, 3.05) is 33.4 Å². The number of methoxy groups -OCH3 is 1. The van der Waals surface area contributed by atoms with Crippen LogP contribution in [0.15, 0.2) is 30.3 Å². The molecule has 0 aromatic heterocycles. The molecule has 2 rings (SSSR count). The van der Waals surface area contributed by atoms with Gasteiger partial charge in [-0.15, -0.1) is 0 Å². The van der Waals surface area contributed by atoms with Gasteiger partial charge in [-0.25, -0.2) is 0 Å². The minimum atomic E-state index is -0.171. The zero-order valence-electron chi connectivity index (χ0n) is 10.7. The van der Waals surface area contributed by atoms with Crippen molar-refractivity contribution < 1.29 is 14.3 Å². The molecule has 0 aliphatic carbocycles. The summed E-state index contributed by atoms with van der Waals surface area (Å²) >= 11 is 0. The molecule has 1 aliphatic rings. The van der Waals surface area contributed by atoms with Gasteiger partial charge in [0.15, 0.2) is 0 Å². The summed E-state index contributed by atoms with van der Waals surface area (Å²) in [6.07, 6.45) is 0.389. The van der Waals surface area contributed by atoms with Crippen LogP contribution in [0.3, 0.4) is 0 Å². The van der Waals surface area contributed by atoms with Crippen LogP contribution in [-0.2, 0) is 14.3 Å². The Labute approximate surface area is 107 Å². The average molecular weight is 249 g/mol. The highest BCUT2D eigenvalue weighted by molar-refractivity contribution is 5.70. The lowest BCUT2D eigenvalue weighted by atomic mass is 10.0. The fourth-order valence-corrected chi connectivity index (χ4v) is 2.26. The molecule has 0 saturated carbocycles. The van der Waals surface area contributed by atoms with Crippen LogP contribution < -0.4 is 0 Å². The van der Waals surface area contributed by atoms with Crippen molar-refractivity contribution >= 4 is 5.97 Å². The number of benzene rings is 1. The van der Waals surface area contributed by atoms with E-state index in [9.17, 15) is 4.79 Å². The lowest BCUT2D eigenvalue weighted by Crippen LogP contribution is -2.40. The first-order chi connectivity index (χ1) is 8.81. The summed E-state index contributed by atoms with van der Waals surface area (Å²) in [5.41, 5.74) is 1.16. The fourth-order valence-electron chi connectivity index (χ4n) is 2.26. The highest BCUT2D eigenvalue weighted by atomic mass is 16.5. The Balaban J connectivity index is 2.14. The van der Waals surface area contributed by atoms with Gasteiger partial charge in [-0.3, -0.25) is 9.69 Å². The number of carbonyl (C=O) groups is 1. The standard InChI is InChI=1S/C14H19NO3/c1-17-14(16)11-13(12-5-3-2-4-6-12)15-7-9-18-10-8-15/h2-6,13H,7-11H2,1H3. The molecule has 1 fully saturated rings. The lowest BCUT2D eigenvalue weighted by Gasteiger charge is -2.34. The van der Waals surface area contributed by atoms with E-state index in [4.69, 9.17) is 9.47 Å². The Kier molecular flexibility index (Phi) is 4.73. The first-order valence-electron chi connectivity index (χ1n) is 6.25. The number of rotatable bonds is 4. The van der Waals surface area contributed by atoms with E-state index in [0.29, 0.717) is 6.42 Å². The van der Waals surface area contributed by atoms with Gasteiger partial charge in [0.2, 0.25) is 0 Å². The van der Waals surface area contributed by atoms with Crippen LogP contribution in [0.2, 0.25) is 0 Å². The van der Waals surface area contributed by atoms with Gasteiger partial charge in [0.05, 0.1) is 26.7 Å². The molecule has 1 aromatic carbocycles. The zero-order chi connectivity index (χ0) is 12.8. The number of hydrogen-bond acceptors (Lipinski definition) is 4. The summed E-state index contributed by atoms with van der Waals surface area (Å²) in [5, 5.41) is 0. The van der Waals surface area contributed by atoms with Crippen LogP contribution in [0.1, 0.15) is 18.0 Å². The molecular weight excluding hydrogens is 230 g/mol. The molecule has 0 radical (unpaired) electrons. The van der Waals surface area contributed by atoms with Gasteiger partial charge in [0, 0.05) is 19.1 Å². The zero-order valence-corrected chi connectivity index (χ0v) is 10.7. The largest absolute Gasteiger partial charge is 0.469 e. The summed E-state index contributed by atoms with van der Waals surface area (Å²) in [6.45, 7) is 3.17. The molecule has 1 aliphatic heterocycles. The van der Waals surface area contributed by atoms with Crippen molar-refractivity contribution in [3.63, 3.8) is 0 Å². The van der Waals surface area contributed by atoms with Crippen molar-refractivity contribution in [1.29, 1.82) is 0 Å². The van der Waals surface area contributed by atoms with Gasteiger partial charge in [-0.1, -0.05) is 30.3 Å². The van der Waals surface area contributed by atoms with Gasteiger partial charge in [0.1, 0.15) is 0 Å². The van der Waals surface area contributed by atoms with E-state index < -0.39 is 0 Å². The summed E-state index contributed by atoms with van der Waals surface area (Å²) in [7, 11) is 1.43. The van der Waals surface area contributed by atoms with E-state index in [2.05, 4.69) is 17.0 Å². The Bertz CT molecular complexity index is 374. The molecular formula is C14H19NO3. The van der Waals surface area contributed by atoms with E-state index in [-0.39, 0.29) is 12.0 Å². The third-order valence-corrected chi connectivity index (χ3v) is 3.26. The number of morpholine rings is 1. The summed E-state index contributed by atoms with van der Waals surface area (Å²) in [6, 6.07) is 10.2. The average Bonchev–Trinajstić information content (AvgIpc) is 2.46. The second kappa shape index (κ2) is 6.52. The van der Waals surface area contributed by atoms with Crippen molar-refractivity contribution in [1.82, 2.24) is 4.90 Å². The normalized spacial score (nSPS) is 18.3. The molecule has 4 heteroatoms. The predicted molar refractivity (Wildman–Crippen MR) is 68.2 cm³/mol. The molecule has 0 N–H and O–H groups in total. The summed E-state index contributed by atoms with van der Waals surface area (Å²) < 4.78 is 10.2. The summed E-state index contributed by atoms with van der Waals surface area (Å²) in [4.78, 5) is 13.8. The molecule has 1 heterocycles. The monoisotopic (exact) mass is 249 g/mol.